The van der Waals surface area contributed by atoms with Gasteiger partial charge >= 0.3 is 12.4 Å². The average molecular weight is 548 g/mol. The summed E-state index contributed by atoms with van der Waals surface area (Å²) in [6, 6.07) is 13.7. The maximum Gasteiger partial charge on any atom is 0.389 e. The molecule has 0 bridgehead atoms. The number of ketones is 1. The topological polar surface area (TPSA) is 17.1 Å². The van der Waals surface area contributed by atoms with Crippen LogP contribution in [0.1, 0.15) is 41.6 Å². The molecule has 0 aliphatic rings. The van der Waals surface area contributed by atoms with Crippen LogP contribution in [0.15, 0.2) is 57.5 Å². The van der Waals surface area contributed by atoms with E-state index in [1.165, 1.54) is 12.1 Å². The molecule has 0 aliphatic heterocycles. The highest BCUT2D eigenvalue weighted by molar-refractivity contribution is 9.10. The lowest BCUT2D eigenvalue weighted by molar-refractivity contribution is -0.135. The second-order valence-corrected chi connectivity index (χ2v) is 7.98. The van der Waals surface area contributed by atoms with E-state index in [1.54, 1.807) is 12.1 Å². The summed E-state index contributed by atoms with van der Waals surface area (Å²) in [5.41, 5.74) is 1.23. The Morgan fingerprint density at radius 2 is 1.34 bits per heavy atom. The summed E-state index contributed by atoms with van der Waals surface area (Å²) in [6.07, 6.45) is -9.97. The largest absolute Gasteiger partial charge is 0.389 e. The number of hydrogen-bond acceptors (Lipinski definition) is 1. The van der Waals surface area contributed by atoms with Gasteiger partial charge in [0.2, 0.25) is 0 Å². The molecule has 9 heteroatoms. The minimum atomic E-state index is -4.28. The SMILES string of the molecule is FC(F)(F)CCCc1cccc(Br)c1.O=C(CCC(F)(F)F)c1cccc(Br)c1. The fraction of sp³-hybridized carbons (Fsp3) is 0.350. The molecule has 0 N–H and O–H groups in total. The number of hydrogen-bond donors (Lipinski definition) is 0. The molecular formula is C20H18Br2F6O. The molecule has 0 heterocycles. The predicted octanol–water partition coefficient (Wildman–Crippen LogP) is 8.31. The molecule has 0 amide bonds. The van der Waals surface area contributed by atoms with Crippen molar-refractivity contribution in [2.75, 3.05) is 0 Å². The first-order valence-corrected chi connectivity index (χ1v) is 10.1. The molecule has 160 valence electrons. The Morgan fingerprint density at radius 3 is 1.86 bits per heavy atom. The van der Waals surface area contributed by atoms with Crippen LogP contribution in [0.2, 0.25) is 0 Å². The van der Waals surface area contributed by atoms with Crippen molar-refractivity contribution < 1.29 is 31.1 Å². The Labute approximate surface area is 181 Å². The maximum atomic E-state index is 11.8. The van der Waals surface area contributed by atoms with Gasteiger partial charge in [-0.05, 0) is 42.7 Å². The molecule has 0 atom stereocenters. The van der Waals surface area contributed by atoms with Crippen LogP contribution in [0, 0.1) is 0 Å². The number of alkyl halides is 6. The molecule has 2 aromatic carbocycles. The van der Waals surface area contributed by atoms with Crippen molar-refractivity contribution in [2.45, 2.75) is 44.5 Å². The molecule has 0 aliphatic carbocycles. The van der Waals surface area contributed by atoms with E-state index in [1.807, 2.05) is 24.3 Å². The highest BCUT2D eigenvalue weighted by atomic mass is 79.9. The second-order valence-electron chi connectivity index (χ2n) is 6.15. The van der Waals surface area contributed by atoms with E-state index in [2.05, 4.69) is 31.9 Å². The van der Waals surface area contributed by atoms with Crippen molar-refractivity contribution in [2.24, 2.45) is 0 Å². The number of carbonyl (C=O) groups excluding carboxylic acids is 1. The van der Waals surface area contributed by atoms with E-state index < -0.39 is 37.4 Å². The molecule has 2 rings (SSSR count). The predicted molar refractivity (Wildman–Crippen MR) is 107 cm³/mol. The summed E-state index contributed by atoms with van der Waals surface area (Å²) in [7, 11) is 0. The van der Waals surface area contributed by atoms with Crippen LogP contribution in [0.4, 0.5) is 26.3 Å². The second kappa shape index (κ2) is 11.7. The molecule has 0 unspecified atom stereocenters. The minimum absolute atomic E-state index is 0.153. The Bertz CT molecular complexity index is 787. The fourth-order valence-corrected chi connectivity index (χ4v) is 3.09. The molecular weight excluding hydrogens is 530 g/mol. The molecule has 0 radical (unpaired) electrons. The van der Waals surface area contributed by atoms with Crippen LogP contribution in [0.5, 0.6) is 0 Å². The number of benzene rings is 2. The van der Waals surface area contributed by atoms with Crippen molar-refractivity contribution in [1.29, 1.82) is 0 Å². The fourth-order valence-electron chi connectivity index (χ4n) is 2.25. The standard InChI is InChI=1S/C10H8BrF3O.C10H10BrF3/c11-8-3-1-2-7(6-8)9(15)4-5-10(12,13)14;11-9-5-1-3-8(7-9)4-2-6-10(12,13)14/h1-3,6H,4-5H2;1,3,5,7H,2,4,6H2. The molecule has 29 heavy (non-hydrogen) atoms. The van der Waals surface area contributed by atoms with Gasteiger partial charge < -0.3 is 0 Å². The number of rotatable bonds is 6. The van der Waals surface area contributed by atoms with Gasteiger partial charge in [-0.3, -0.25) is 4.79 Å². The van der Waals surface area contributed by atoms with E-state index in [9.17, 15) is 31.1 Å². The Morgan fingerprint density at radius 1 is 0.793 bits per heavy atom. The van der Waals surface area contributed by atoms with Gasteiger partial charge in [0.05, 0.1) is 6.42 Å². The minimum Gasteiger partial charge on any atom is -0.294 e. The van der Waals surface area contributed by atoms with Gasteiger partial charge in [0, 0.05) is 27.4 Å². The number of carbonyl (C=O) groups is 1. The third-order valence-corrected chi connectivity index (χ3v) is 4.58. The van der Waals surface area contributed by atoms with Gasteiger partial charge in [-0.1, -0.05) is 56.1 Å². The van der Waals surface area contributed by atoms with Gasteiger partial charge in [0.1, 0.15) is 0 Å². The molecule has 0 saturated heterocycles. The van der Waals surface area contributed by atoms with Crippen molar-refractivity contribution in [1.82, 2.24) is 0 Å². The van der Waals surface area contributed by atoms with E-state index in [0.29, 0.717) is 16.5 Å². The van der Waals surface area contributed by atoms with Crippen molar-refractivity contribution >= 4 is 37.6 Å². The third kappa shape index (κ3) is 12.7. The molecule has 0 spiro atoms. The lowest BCUT2D eigenvalue weighted by Gasteiger charge is -2.05. The van der Waals surface area contributed by atoms with Gasteiger partial charge in [0.25, 0.3) is 0 Å². The first-order chi connectivity index (χ1) is 13.4. The van der Waals surface area contributed by atoms with E-state index in [4.69, 9.17) is 0 Å². The number of Topliss-reactive ketones (excluding diaryl/α,β-unsaturated/α-hetero) is 1. The summed E-state index contributed by atoms with van der Waals surface area (Å²) in [5, 5.41) is 0. The van der Waals surface area contributed by atoms with Gasteiger partial charge in [-0.2, -0.15) is 26.3 Å². The normalized spacial score (nSPS) is 11.6. The van der Waals surface area contributed by atoms with E-state index >= 15 is 0 Å². The smallest absolute Gasteiger partial charge is 0.294 e. The first kappa shape index (κ1) is 25.7. The molecule has 0 fully saturated rings. The summed E-state index contributed by atoms with van der Waals surface area (Å²) in [4.78, 5) is 11.3. The summed E-state index contributed by atoms with van der Waals surface area (Å²) in [6.45, 7) is 0. The third-order valence-electron chi connectivity index (χ3n) is 3.60. The monoisotopic (exact) mass is 546 g/mol. The summed E-state index contributed by atoms with van der Waals surface area (Å²) in [5.74, 6) is -0.492. The molecule has 2 aromatic rings. The average Bonchev–Trinajstić information content (AvgIpc) is 2.58. The van der Waals surface area contributed by atoms with Crippen LogP contribution in [0.25, 0.3) is 0 Å². The zero-order chi connectivity index (χ0) is 22.1. The summed E-state index contributed by atoms with van der Waals surface area (Å²) >= 11 is 6.42. The van der Waals surface area contributed by atoms with Gasteiger partial charge in [-0.25, -0.2) is 0 Å². The zero-order valence-electron chi connectivity index (χ0n) is 15.1. The van der Waals surface area contributed by atoms with Crippen molar-refractivity contribution in [3.63, 3.8) is 0 Å². The lowest BCUT2D eigenvalue weighted by Crippen LogP contribution is -2.10. The van der Waals surface area contributed by atoms with E-state index in [-0.39, 0.29) is 6.42 Å². The maximum absolute atomic E-state index is 11.8. The van der Waals surface area contributed by atoms with Gasteiger partial charge in [-0.15, -0.1) is 0 Å². The highest BCUT2D eigenvalue weighted by Gasteiger charge is 2.28. The van der Waals surface area contributed by atoms with E-state index in [0.717, 1.165) is 10.0 Å². The Hall–Kier alpha value is -1.35. The van der Waals surface area contributed by atoms with Crippen LogP contribution in [-0.4, -0.2) is 18.1 Å². The van der Waals surface area contributed by atoms with Crippen LogP contribution in [-0.2, 0) is 6.42 Å². The van der Waals surface area contributed by atoms with Crippen molar-refractivity contribution in [3.8, 4) is 0 Å². The van der Waals surface area contributed by atoms with Crippen LogP contribution >= 0.6 is 31.9 Å². The molecule has 0 saturated carbocycles. The van der Waals surface area contributed by atoms with Crippen LogP contribution < -0.4 is 0 Å². The lowest BCUT2D eigenvalue weighted by atomic mass is 10.1. The number of aryl methyl sites for hydroxylation is 1. The molecule has 1 nitrogen and oxygen atoms in total. The highest BCUT2D eigenvalue weighted by Crippen LogP contribution is 2.24. The Balaban J connectivity index is 0.000000291. The zero-order valence-corrected chi connectivity index (χ0v) is 18.3. The van der Waals surface area contributed by atoms with Crippen LogP contribution in [0.3, 0.4) is 0 Å². The quantitative estimate of drug-likeness (QED) is 0.262. The van der Waals surface area contributed by atoms with Crippen molar-refractivity contribution in [3.05, 3.63) is 68.6 Å². The number of halogens is 8. The van der Waals surface area contributed by atoms with Gasteiger partial charge in [0.15, 0.2) is 5.78 Å². The first-order valence-electron chi connectivity index (χ1n) is 8.52. The Kier molecular flexibility index (Phi) is 10.4. The molecule has 0 aromatic heterocycles. The summed E-state index contributed by atoms with van der Waals surface area (Å²) < 4.78 is 72.6.